The van der Waals surface area contributed by atoms with Gasteiger partial charge in [-0.25, -0.2) is 0 Å². The minimum absolute atomic E-state index is 1.06. The summed E-state index contributed by atoms with van der Waals surface area (Å²) in [6.45, 7) is 10.6. The van der Waals surface area contributed by atoms with Crippen molar-refractivity contribution in [2.45, 2.75) is 26.3 Å². The van der Waals surface area contributed by atoms with E-state index < -0.39 is 0 Å². The van der Waals surface area contributed by atoms with Gasteiger partial charge in [-0.15, -0.1) is 0 Å². The molecule has 1 aliphatic heterocycles. The number of hydrogen-bond donors (Lipinski definition) is 1. The molecule has 0 radical (unpaired) electrons. The standard InChI is InChI=1S/C17H29N3/c1-3-10-19-11-13-20(14-12-19)15-17-7-5-4-6-16(17)8-9-18-2/h4-7,18H,3,8-15H2,1-2H3. The number of hydrogen-bond acceptors (Lipinski definition) is 3. The maximum absolute atomic E-state index is 3.25. The van der Waals surface area contributed by atoms with Crippen molar-refractivity contribution in [1.82, 2.24) is 15.1 Å². The fraction of sp³-hybridized carbons (Fsp3) is 0.647. The molecule has 1 aromatic rings. The van der Waals surface area contributed by atoms with Crippen molar-refractivity contribution in [3.63, 3.8) is 0 Å². The van der Waals surface area contributed by atoms with Gasteiger partial charge in [0.05, 0.1) is 0 Å². The lowest BCUT2D eigenvalue weighted by Crippen LogP contribution is -2.46. The van der Waals surface area contributed by atoms with Gasteiger partial charge >= 0.3 is 0 Å². The van der Waals surface area contributed by atoms with E-state index in [2.05, 4.69) is 46.3 Å². The maximum atomic E-state index is 3.25. The number of benzene rings is 1. The zero-order valence-electron chi connectivity index (χ0n) is 13.1. The quantitative estimate of drug-likeness (QED) is 0.821. The molecule has 0 bridgehead atoms. The monoisotopic (exact) mass is 275 g/mol. The molecule has 0 aliphatic carbocycles. The maximum Gasteiger partial charge on any atom is 0.0237 e. The van der Waals surface area contributed by atoms with Crippen LogP contribution in [0.15, 0.2) is 24.3 Å². The SMILES string of the molecule is CCCN1CCN(Cc2ccccc2CCNC)CC1. The molecular weight excluding hydrogens is 246 g/mol. The second-order valence-corrected chi connectivity index (χ2v) is 5.74. The minimum atomic E-state index is 1.06. The van der Waals surface area contributed by atoms with Gasteiger partial charge in [0.15, 0.2) is 0 Å². The number of nitrogens with zero attached hydrogens (tertiary/aromatic N) is 2. The van der Waals surface area contributed by atoms with Gasteiger partial charge < -0.3 is 10.2 Å². The highest BCUT2D eigenvalue weighted by molar-refractivity contribution is 5.27. The van der Waals surface area contributed by atoms with Crippen LogP contribution in [0.2, 0.25) is 0 Å². The first kappa shape index (κ1) is 15.5. The van der Waals surface area contributed by atoms with Crippen LogP contribution >= 0.6 is 0 Å². The fourth-order valence-corrected chi connectivity index (χ4v) is 2.94. The summed E-state index contributed by atoms with van der Waals surface area (Å²) in [5.41, 5.74) is 3.00. The second-order valence-electron chi connectivity index (χ2n) is 5.74. The van der Waals surface area contributed by atoms with Gasteiger partial charge in [0, 0.05) is 32.7 Å². The predicted molar refractivity (Wildman–Crippen MR) is 86.1 cm³/mol. The highest BCUT2D eigenvalue weighted by Gasteiger charge is 2.16. The zero-order valence-corrected chi connectivity index (χ0v) is 13.1. The summed E-state index contributed by atoms with van der Waals surface area (Å²) < 4.78 is 0. The third-order valence-corrected chi connectivity index (χ3v) is 4.16. The van der Waals surface area contributed by atoms with Crippen molar-refractivity contribution in [1.29, 1.82) is 0 Å². The molecule has 0 spiro atoms. The Morgan fingerprint density at radius 2 is 1.65 bits per heavy atom. The third kappa shape index (κ3) is 4.58. The number of piperazine rings is 1. The van der Waals surface area contributed by atoms with E-state index in [0.29, 0.717) is 0 Å². The lowest BCUT2D eigenvalue weighted by atomic mass is 10.0. The molecular formula is C17H29N3. The molecule has 20 heavy (non-hydrogen) atoms. The summed E-state index contributed by atoms with van der Waals surface area (Å²) in [7, 11) is 2.02. The highest BCUT2D eigenvalue weighted by atomic mass is 15.3. The molecule has 3 heteroatoms. The molecule has 1 saturated heterocycles. The molecule has 0 aromatic heterocycles. The molecule has 112 valence electrons. The number of rotatable bonds is 7. The highest BCUT2D eigenvalue weighted by Crippen LogP contribution is 2.14. The minimum Gasteiger partial charge on any atom is -0.319 e. The Morgan fingerprint density at radius 1 is 1.00 bits per heavy atom. The summed E-state index contributed by atoms with van der Waals surface area (Å²) in [6.07, 6.45) is 2.40. The average molecular weight is 275 g/mol. The van der Waals surface area contributed by atoms with E-state index in [1.165, 1.54) is 50.3 Å². The third-order valence-electron chi connectivity index (χ3n) is 4.16. The van der Waals surface area contributed by atoms with Crippen molar-refractivity contribution >= 4 is 0 Å². The van der Waals surface area contributed by atoms with Crippen LogP contribution in [0, 0.1) is 0 Å². The molecule has 0 atom stereocenters. The molecule has 0 amide bonds. The van der Waals surface area contributed by atoms with Crippen molar-refractivity contribution in [2.24, 2.45) is 0 Å². The van der Waals surface area contributed by atoms with E-state index in [0.717, 1.165) is 19.5 Å². The number of nitrogens with one attached hydrogen (secondary N) is 1. The van der Waals surface area contributed by atoms with Crippen LogP contribution in [-0.2, 0) is 13.0 Å². The molecule has 3 nitrogen and oxygen atoms in total. The van der Waals surface area contributed by atoms with E-state index in [1.54, 1.807) is 0 Å². The molecule has 2 rings (SSSR count). The first-order valence-electron chi connectivity index (χ1n) is 7.99. The van der Waals surface area contributed by atoms with Gasteiger partial charge in [-0.2, -0.15) is 0 Å². The molecule has 1 heterocycles. The van der Waals surface area contributed by atoms with E-state index in [-0.39, 0.29) is 0 Å². The van der Waals surface area contributed by atoms with E-state index in [1.807, 2.05) is 7.05 Å². The Bertz CT molecular complexity index is 384. The van der Waals surface area contributed by atoms with Gasteiger partial charge in [-0.1, -0.05) is 31.2 Å². The lowest BCUT2D eigenvalue weighted by molar-refractivity contribution is 0.127. The molecule has 1 N–H and O–H groups in total. The van der Waals surface area contributed by atoms with Gasteiger partial charge in [0.25, 0.3) is 0 Å². The zero-order chi connectivity index (χ0) is 14.2. The van der Waals surface area contributed by atoms with Gasteiger partial charge in [-0.05, 0) is 44.1 Å². The summed E-state index contributed by atoms with van der Waals surface area (Å²) in [4.78, 5) is 5.19. The second kappa shape index (κ2) is 8.40. The first-order valence-corrected chi connectivity index (χ1v) is 7.99. The Kier molecular flexibility index (Phi) is 6.51. The van der Waals surface area contributed by atoms with Crippen LogP contribution in [0.1, 0.15) is 24.5 Å². The molecule has 1 fully saturated rings. The smallest absolute Gasteiger partial charge is 0.0237 e. The normalized spacial score (nSPS) is 17.5. The Morgan fingerprint density at radius 3 is 2.30 bits per heavy atom. The van der Waals surface area contributed by atoms with Crippen molar-refractivity contribution in [2.75, 3.05) is 46.3 Å². The molecule has 0 unspecified atom stereocenters. The van der Waals surface area contributed by atoms with Crippen LogP contribution in [0.25, 0.3) is 0 Å². The van der Waals surface area contributed by atoms with Crippen LogP contribution in [0.4, 0.5) is 0 Å². The Labute approximate surface area is 124 Å². The lowest BCUT2D eigenvalue weighted by Gasteiger charge is -2.34. The largest absolute Gasteiger partial charge is 0.319 e. The topological polar surface area (TPSA) is 18.5 Å². The van der Waals surface area contributed by atoms with Crippen molar-refractivity contribution < 1.29 is 0 Å². The summed E-state index contributed by atoms with van der Waals surface area (Å²) >= 11 is 0. The Hall–Kier alpha value is -0.900. The van der Waals surface area contributed by atoms with Crippen molar-refractivity contribution in [3.8, 4) is 0 Å². The molecule has 1 aromatic carbocycles. The van der Waals surface area contributed by atoms with Gasteiger partial charge in [0.1, 0.15) is 0 Å². The summed E-state index contributed by atoms with van der Waals surface area (Å²) in [6, 6.07) is 8.91. The van der Waals surface area contributed by atoms with Crippen LogP contribution in [0.3, 0.4) is 0 Å². The van der Waals surface area contributed by atoms with E-state index in [9.17, 15) is 0 Å². The summed E-state index contributed by atoms with van der Waals surface area (Å²) in [5.74, 6) is 0. The predicted octanol–water partition coefficient (Wildman–Crippen LogP) is 1.98. The fourth-order valence-electron chi connectivity index (χ4n) is 2.94. The van der Waals surface area contributed by atoms with Crippen molar-refractivity contribution in [3.05, 3.63) is 35.4 Å². The molecule has 1 aliphatic rings. The van der Waals surface area contributed by atoms with Crippen LogP contribution in [-0.4, -0.2) is 56.1 Å². The van der Waals surface area contributed by atoms with Crippen LogP contribution in [0.5, 0.6) is 0 Å². The van der Waals surface area contributed by atoms with E-state index in [4.69, 9.17) is 0 Å². The van der Waals surface area contributed by atoms with Gasteiger partial charge in [0.2, 0.25) is 0 Å². The van der Waals surface area contributed by atoms with E-state index >= 15 is 0 Å². The molecule has 0 saturated carbocycles. The average Bonchev–Trinajstić information content (AvgIpc) is 2.49. The first-order chi connectivity index (χ1) is 9.83. The Balaban J connectivity index is 1.87. The van der Waals surface area contributed by atoms with Gasteiger partial charge in [-0.3, -0.25) is 4.90 Å². The summed E-state index contributed by atoms with van der Waals surface area (Å²) in [5, 5.41) is 3.25. The van der Waals surface area contributed by atoms with Crippen LogP contribution < -0.4 is 5.32 Å². The number of likely N-dealkylation sites (N-methyl/N-ethyl adjacent to an activating group) is 1.